The predicted octanol–water partition coefficient (Wildman–Crippen LogP) is 1.23. The highest BCUT2D eigenvalue weighted by molar-refractivity contribution is 5.96. The SMILES string of the molecule is CCOC(=O)CC(=O)CN(C)Cc1ccco1. The third kappa shape index (κ3) is 5.31. The predicted molar refractivity (Wildman–Crippen MR) is 61.3 cm³/mol. The van der Waals surface area contributed by atoms with Crippen molar-refractivity contribution in [3.63, 3.8) is 0 Å². The van der Waals surface area contributed by atoms with Crippen LogP contribution >= 0.6 is 0 Å². The molecule has 0 saturated carbocycles. The van der Waals surface area contributed by atoms with Crippen LogP contribution in [0.25, 0.3) is 0 Å². The molecule has 0 saturated heterocycles. The Balaban J connectivity index is 2.28. The van der Waals surface area contributed by atoms with Gasteiger partial charge in [-0.15, -0.1) is 0 Å². The fourth-order valence-electron chi connectivity index (χ4n) is 1.45. The van der Waals surface area contributed by atoms with Gasteiger partial charge in [0.2, 0.25) is 0 Å². The Morgan fingerprint density at radius 3 is 2.82 bits per heavy atom. The van der Waals surface area contributed by atoms with E-state index in [0.717, 1.165) is 5.76 Å². The molecule has 5 nitrogen and oxygen atoms in total. The molecule has 0 amide bonds. The molecule has 0 spiro atoms. The maximum absolute atomic E-state index is 11.5. The molecule has 94 valence electrons. The van der Waals surface area contributed by atoms with E-state index in [0.29, 0.717) is 13.2 Å². The van der Waals surface area contributed by atoms with E-state index in [4.69, 9.17) is 9.15 Å². The minimum Gasteiger partial charge on any atom is -0.468 e. The maximum Gasteiger partial charge on any atom is 0.313 e. The van der Waals surface area contributed by atoms with Gasteiger partial charge < -0.3 is 9.15 Å². The summed E-state index contributed by atoms with van der Waals surface area (Å²) in [5, 5.41) is 0. The largest absolute Gasteiger partial charge is 0.468 e. The molecular formula is C12H17NO4. The Kier molecular flexibility index (Phi) is 5.42. The van der Waals surface area contributed by atoms with E-state index < -0.39 is 5.97 Å². The van der Waals surface area contributed by atoms with Crippen LogP contribution in [0.5, 0.6) is 0 Å². The standard InChI is InChI=1S/C12H17NO4/c1-3-16-12(15)7-10(14)8-13(2)9-11-5-4-6-17-11/h4-6H,3,7-9H2,1-2H3. The minimum atomic E-state index is -0.469. The second kappa shape index (κ2) is 6.85. The van der Waals surface area contributed by atoms with Crippen molar-refractivity contribution in [2.45, 2.75) is 19.9 Å². The van der Waals surface area contributed by atoms with E-state index in [-0.39, 0.29) is 18.7 Å². The molecule has 0 aliphatic carbocycles. The highest BCUT2D eigenvalue weighted by Gasteiger charge is 2.13. The van der Waals surface area contributed by atoms with Gasteiger partial charge >= 0.3 is 5.97 Å². The topological polar surface area (TPSA) is 59.8 Å². The molecule has 0 N–H and O–H groups in total. The lowest BCUT2D eigenvalue weighted by atomic mass is 10.2. The molecule has 0 aliphatic rings. The van der Waals surface area contributed by atoms with Crippen LogP contribution in [0, 0.1) is 0 Å². The fourth-order valence-corrected chi connectivity index (χ4v) is 1.45. The van der Waals surface area contributed by atoms with Crippen LogP contribution in [-0.4, -0.2) is 36.9 Å². The molecule has 1 rings (SSSR count). The normalized spacial score (nSPS) is 10.5. The van der Waals surface area contributed by atoms with E-state index in [1.807, 2.05) is 6.07 Å². The minimum absolute atomic E-state index is 0.155. The van der Waals surface area contributed by atoms with E-state index >= 15 is 0 Å². The van der Waals surface area contributed by atoms with Gasteiger partial charge in [0.25, 0.3) is 0 Å². The summed E-state index contributed by atoms with van der Waals surface area (Å²) in [6.07, 6.45) is 1.42. The lowest BCUT2D eigenvalue weighted by Gasteiger charge is -2.13. The molecule has 1 aromatic heterocycles. The van der Waals surface area contributed by atoms with E-state index in [2.05, 4.69) is 0 Å². The Labute approximate surface area is 100 Å². The number of carbonyl (C=O) groups excluding carboxylic acids is 2. The number of rotatable bonds is 7. The highest BCUT2D eigenvalue weighted by Crippen LogP contribution is 2.03. The summed E-state index contributed by atoms with van der Waals surface area (Å²) < 4.78 is 9.86. The fraction of sp³-hybridized carbons (Fsp3) is 0.500. The van der Waals surface area contributed by atoms with Gasteiger partial charge in [0.1, 0.15) is 12.2 Å². The quantitative estimate of drug-likeness (QED) is 0.529. The van der Waals surface area contributed by atoms with Crippen molar-refractivity contribution >= 4 is 11.8 Å². The third-order valence-corrected chi connectivity index (χ3v) is 2.10. The zero-order chi connectivity index (χ0) is 12.7. The average molecular weight is 239 g/mol. The molecule has 0 aliphatic heterocycles. The number of likely N-dealkylation sites (N-methyl/N-ethyl adjacent to an activating group) is 1. The first kappa shape index (κ1) is 13.4. The van der Waals surface area contributed by atoms with Gasteiger partial charge in [-0.05, 0) is 26.1 Å². The van der Waals surface area contributed by atoms with Gasteiger partial charge in [-0.2, -0.15) is 0 Å². The number of ketones is 1. The number of Topliss-reactive ketones (excluding diaryl/α,β-unsaturated/α-hetero) is 1. The van der Waals surface area contributed by atoms with E-state index in [1.165, 1.54) is 0 Å². The number of nitrogens with zero attached hydrogens (tertiary/aromatic N) is 1. The second-order valence-electron chi connectivity index (χ2n) is 3.77. The Bertz CT molecular complexity index is 359. The zero-order valence-corrected chi connectivity index (χ0v) is 10.1. The molecule has 0 atom stereocenters. The van der Waals surface area contributed by atoms with Crippen molar-refractivity contribution in [2.75, 3.05) is 20.2 Å². The van der Waals surface area contributed by atoms with E-state index in [1.54, 1.807) is 31.2 Å². The number of ether oxygens (including phenoxy) is 1. The van der Waals surface area contributed by atoms with Crippen molar-refractivity contribution in [2.24, 2.45) is 0 Å². The lowest BCUT2D eigenvalue weighted by molar-refractivity contribution is -0.145. The summed E-state index contributed by atoms with van der Waals surface area (Å²) in [7, 11) is 1.80. The highest BCUT2D eigenvalue weighted by atomic mass is 16.5. The average Bonchev–Trinajstić information content (AvgIpc) is 2.69. The molecular weight excluding hydrogens is 222 g/mol. The maximum atomic E-state index is 11.5. The molecule has 17 heavy (non-hydrogen) atoms. The van der Waals surface area contributed by atoms with Gasteiger partial charge in [-0.3, -0.25) is 14.5 Å². The number of esters is 1. The number of hydrogen-bond donors (Lipinski definition) is 0. The molecule has 0 bridgehead atoms. The summed E-state index contributed by atoms with van der Waals surface area (Å²) >= 11 is 0. The Morgan fingerprint density at radius 1 is 1.47 bits per heavy atom. The summed E-state index contributed by atoms with van der Waals surface area (Å²) in [6, 6.07) is 3.63. The lowest BCUT2D eigenvalue weighted by Crippen LogP contribution is -2.27. The number of carbonyl (C=O) groups is 2. The first-order valence-electron chi connectivity index (χ1n) is 5.50. The smallest absolute Gasteiger partial charge is 0.313 e. The Hall–Kier alpha value is -1.62. The van der Waals surface area contributed by atoms with Crippen LogP contribution in [0.15, 0.2) is 22.8 Å². The summed E-state index contributed by atoms with van der Waals surface area (Å²) in [6.45, 7) is 2.76. The number of hydrogen-bond acceptors (Lipinski definition) is 5. The molecule has 1 heterocycles. The van der Waals surface area contributed by atoms with Crippen LogP contribution in [0.4, 0.5) is 0 Å². The summed E-state index contributed by atoms with van der Waals surface area (Å²) in [5.74, 6) is 0.165. The van der Waals surface area contributed by atoms with Gasteiger partial charge in [0.15, 0.2) is 5.78 Å². The van der Waals surface area contributed by atoms with Crippen LogP contribution in [0.3, 0.4) is 0 Å². The third-order valence-electron chi connectivity index (χ3n) is 2.10. The first-order chi connectivity index (χ1) is 8.11. The van der Waals surface area contributed by atoms with Crippen LogP contribution in [0.1, 0.15) is 19.1 Å². The van der Waals surface area contributed by atoms with E-state index in [9.17, 15) is 9.59 Å². The second-order valence-corrected chi connectivity index (χ2v) is 3.77. The summed E-state index contributed by atoms with van der Waals surface area (Å²) in [5.41, 5.74) is 0. The van der Waals surface area contributed by atoms with Crippen LogP contribution in [-0.2, 0) is 20.9 Å². The monoisotopic (exact) mass is 239 g/mol. The zero-order valence-electron chi connectivity index (χ0n) is 10.1. The molecule has 1 aromatic rings. The Morgan fingerprint density at radius 2 is 2.24 bits per heavy atom. The van der Waals surface area contributed by atoms with Crippen molar-refractivity contribution in [1.29, 1.82) is 0 Å². The number of furan rings is 1. The van der Waals surface area contributed by atoms with Crippen LogP contribution < -0.4 is 0 Å². The molecule has 0 fully saturated rings. The van der Waals surface area contributed by atoms with Crippen molar-refractivity contribution in [3.05, 3.63) is 24.2 Å². The molecule has 0 aromatic carbocycles. The van der Waals surface area contributed by atoms with Gasteiger partial charge in [-0.1, -0.05) is 0 Å². The van der Waals surface area contributed by atoms with Crippen LogP contribution in [0.2, 0.25) is 0 Å². The molecule has 5 heteroatoms. The van der Waals surface area contributed by atoms with Crippen molar-refractivity contribution in [3.8, 4) is 0 Å². The molecule has 0 unspecified atom stereocenters. The van der Waals surface area contributed by atoms with Gasteiger partial charge in [-0.25, -0.2) is 0 Å². The summed E-state index contributed by atoms with van der Waals surface area (Å²) in [4.78, 5) is 24.4. The van der Waals surface area contributed by atoms with Gasteiger partial charge in [0, 0.05) is 0 Å². The van der Waals surface area contributed by atoms with Gasteiger partial charge in [0.05, 0.1) is 26.0 Å². The van der Waals surface area contributed by atoms with Crippen molar-refractivity contribution < 1.29 is 18.7 Å². The van der Waals surface area contributed by atoms with Crippen molar-refractivity contribution in [1.82, 2.24) is 4.90 Å². The molecule has 0 radical (unpaired) electrons. The first-order valence-corrected chi connectivity index (χ1v) is 5.50.